The van der Waals surface area contributed by atoms with Crippen molar-refractivity contribution >= 4 is 28.6 Å². The number of ether oxygens (including phenoxy) is 1. The number of esters is 1. The van der Waals surface area contributed by atoms with Crippen molar-refractivity contribution in [1.82, 2.24) is 9.55 Å². The van der Waals surface area contributed by atoms with Gasteiger partial charge in [-0.2, -0.15) is 0 Å². The molecular formula is C18H16N2O3S. The highest BCUT2D eigenvalue weighted by atomic mass is 32.2. The number of para-hydroxylation sites is 2. The molecule has 3 aromatic rings. The zero-order valence-corrected chi connectivity index (χ0v) is 14.0. The molecule has 0 fully saturated rings. The Morgan fingerprint density at radius 1 is 1.12 bits per heavy atom. The van der Waals surface area contributed by atoms with Crippen LogP contribution in [0.1, 0.15) is 6.92 Å². The van der Waals surface area contributed by atoms with Crippen molar-refractivity contribution < 1.29 is 9.53 Å². The van der Waals surface area contributed by atoms with Gasteiger partial charge in [0.15, 0.2) is 5.16 Å². The van der Waals surface area contributed by atoms with Crippen LogP contribution in [-0.2, 0) is 9.53 Å². The third-order valence-corrected chi connectivity index (χ3v) is 4.30. The molecule has 0 atom stereocenters. The second-order valence-electron chi connectivity index (χ2n) is 4.98. The quantitative estimate of drug-likeness (QED) is 0.406. The van der Waals surface area contributed by atoms with E-state index in [9.17, 15) is 9.59 Å². The highest BCUT2D eigenvalue weighted by Crippen LogP contribution is 2.21. The lowest BCUT2D eigenvalue weighted by molar-refractivity contribution is -0.139. The zero-order chi connectivity index (χ0) is 16.9. The molecule has 0 aliphatic carbocycles. The zero-order valence-electron chi connectivity index (χ0n) is 13.1. The molecule has 0 radical (unpaired) electrons. The van der Waals surface area contributed by atoms with Gasteiger partial charge in [-0.15, -0.1) is 0 Å². The third kappa shape index (κ3) is 3.33. The van der Waals surface area contributed by atoms with Crippen molar-refractivity contribution in [3.05, 3.63) is 65.0 Å². The smallest absolute Gasteiger partial charge is 0.316 e. The van der Waals surface area contributed by atoms with Crippen molar-refractivity contribution in [3.63, 3.8) is 0 Å². The summed E-state index contributed by atoms with van der Waals surface area (Å²) in [5, 5.41) is 1.01. The van der Waals surface area contributed by atoms with Gasteiger partial charge in [-0.1, -0.05) is 42.1 Å². The van der Waals surface area contributed by atoms with Crippen LogP contribution in [0.5, 0.6) is 0 Å². The van der Waals surface area contributed by atoms with Gasteiger partial charge in [-0.3, -0.25) is 14.2 Å². The van der Waals surface area contributed by atoms with E-state index >= 15 is 0 Å². The SMILES string of the molecule is CCOC(=O)CSc1nc2ccccc2c(=O)n1-c1ccccc1. The largest absolute Gasteiger partial charge is 0.465 e. The first kappa shape index (κ1) is 16.3. The molecule has 0 N–H and O–H groups in total. The molecule has 0 amide bonds. The van der Waals surface area contributed by atoms with Crippen molar-refractivity contribution in [2.75, 3.05) is 12.4 Å². The Hall–Kier alpha value is -2.60. The van der Waals surface area contributed by atoms with E-state index in [1.807, 2.05) is 42.5 Å². The maximum Gasteiger partial charge on any atom is 0.316 e. The number of carbonyl (C=O) groups is 1. The molecule has 0 aliphatic heterocycles. The van der Waals surface area contributed by atoms with Gasteiger partial charge in [0.2, 0.25) is 0 Å². The minimum absolute atomic E-state index is 0.103. The van der Waals surface area contributed by atoms with Crippen LogP contribution in [0.4, 0.5) is 0 Å². The second kappa shape index (κ2) is 7.31. The van der Waals surface area contributed by atoms with Gasteiger partial charge in [-0.05, 0) is 31.2 Å². The van der Waals surface area contributed by atoms with Gasteiger partial charge in [0, 0.05) is 0 Å². The number of thioether (sulfide) groups is 1. The number of hydrogen-bond acceptors (Lipinski definition) is 5. The summed E-state index contributed by atoms with van der Waals surface area (Å²) in [6.45, 7) is 2.09. The van der Waals surface area contributed by atoms with Crippen LogP contribution >= 0.6 is 11.8 Å². The highest BCUT2D eigenvalue weighted by molar-refractivity contribution is 7.99. The molecule has 3 rings (SSSR count). The fraction of sp³-hybridized carbons (Fsp3) is 0.167. The van der Waals surface area contributed by atoms with E-state index in [1.54, 1.807) is 19.1 Å². The molecular weight excluding hydrogens is 324 g/mol. The summed E-state index contributed by atoms with van der Waals surface area (Å²) in [5.74, 6) is -0.227. The highest BCUT2D eigenvalue weighted by Gasteiger charge is 2.14. The lowest BCUT2D eigenvalue weighted by atomic mass is 10.2. The molecule has 6 heteroatoms. The van der Waals surface area contributed by atoms with Gasteiger partial charge in [-0.25, -0.2) is 4.98 Å². The van der Waals surface area contributed by atoms with Crippen molar-refractivity contribution in [1.29, 1.82) is 0 Å². The van der Waals surface area contributed by atoms with E-state index in [0.717, 1.165) is 0 Å². The van der Waals surface area contributed by atoms with Gasteiger partial charge in [0.1, 0.15) is 0 Å². The number of fused-ring (bicyclic) bond motifs is 1. The van der Waals surface area contributed by atoms with Crippen LogP contribution in [0.25, 0.3) is 16.6 Å². The molecule has 122 valence electrons. The van der Waals surface area contributed by atoms with Crippen LogP contribution in [0.3, 0.4) is 0 Å². The Morgan fingerprint density at radius 3 is 2.58 bits per heavy atom. The third-order valence-electron chi connectivity index (χ3n) is 3.38. The lowest BCUT2D eigenvalue weighted by Gasteiger charge is -2.12. The second-order valence-corrected chi connectivity index (χ2v) is 5.92. The van der Waals surface area contributed by atoms with Gasteiger partial charge < -0.3 is 4.74 Å². The Bertz CT molecular complexity index is 922. The maximum atomic E-state index is 12.9. The number of carbonyl (C=O) groups excluding carboxylic acids is 1. The Labute approximate surface area is 143 Å². The van der Waals surface area contributed by atoms with Crippen LogP contribution < -0.4 is 5.56 Å². The van der Waals surface area contributed by atoms with Gasteiger partial charge in [0.25, 0.3) is 5.56 Å². The fourth-order valence-electron chi connectivity index (χ4n) is 2.34. The summed E-state index contributed by atoms with van der Waals surface area (Å²) >= 11 is 1.20. The Kier molecular flexibility index (Phi) is 4.96. The lowest BCUT2D eigenvalue weighted by Crippen LogP contribution is -2.22. The first-order chi connectivity index (χ1) is 11.7. The van der Waals surface area contributed by atoms with Crippen molar-refractivity contribution in [2.24, 2.45) is 0 Å². The minimum atomic E-state index is -0.329. The Morgan fingerprint density at radius 2 is 1.83 bits per heavy atom. The fourth-order valence-corrected chi connectivity index (χ4v) is 3.15. The first-order valence-corrected chi connectivity index (χ1v) is 8.55. The van der Waals surface area contributed by atoms with Crippen molar-refractivity contribution in [3.8, 4) is 5.69 Å². The van der Waals surface area contributed by atoms with E-state index in [2.05, 4.69) is 4.98 Å². The molecule has 1 heterocycles. The monoisotopic (exact) mass is 340 g/mol. The summed E-state index contributed by atoms with van der Waals surface area (Å²) in [5.41, 5.74) is 1.17. The van der Waals surface area contributed by atoms with Gasteiger partial charge >= 0.3 is 5.97 Å². The van der Waals surface area contributed by atoms with E-state index in [-0.39, 0.29) is 17.3 Å². The average molecular weight is 340 g/mol. The maximum absolute atomic E-state index is 12.9. The molecule has 0 aliphatic rings. The van der Waals surface area contributed by atoms with E-state index < -0.39 is 0 Å². The van der Waals surface area contributed by atoms with E-state index in [4.69, 9.17) is 4.74 Å². The summed E-state index contributed by atoms with van der Waals surface area (Å²) in [4.78, 5) is 29.1. The number of nitrogens with zero attached hydrogens (tertiary/aromatic N) is 2. The predicted octanol–water partition coefficient (Wildman–Crippen LogP) is 3.04. The van der Waals surface area contributed by atoms with E-state index in [0.29, 0.717) is 28.4 Å². The molecule has 5 nitrogen and oxygen atoms in total. The first-order valence-electron chi connectivity index (χ1n) is 7.56. The van der Waals surface area contributed by atoms with E-state index in [1.165, 1.54) is 16.3 Å². The van der Waals surface area contributed by atoms with Crippen LogP contribution in [0.15, 0.2) is 64.5 Å². The molecule has 0 bridgehead atoms. The number of hydrogen-bond donors (Lipinski definition) is 0. The molecule has 24 heavy (non-hydrogen) atoms. The summed E-state index contributed by atoms with van der Waals surface area (Å²) in [6, 6.07) is 16.5. The Balaban J connectivity index is 2.11. The van der Waals surface area contributed by atoms with Crippen LogP contribution in [0, 0.1) is 0 Å². The van der Waals surface area contributed by atoms with Crippen molar-refractivity contribution in [2.45, 2.75) is 12.1 Å². The molecule has 0 unspecified atom stereocenters. The average Bonchev–Trinajstić information content (AvgIpc) is 2.61. The number of rotatable bonds is 5. The molecule has 0 saturated heterocycles. The summed E-state index contributed by atoms with van der Waals surface area (Å²) < 4.78 is 6.49. The summed E-state index contributed by atoms with van der Waals surface area (Å²) in [7, 11) is 0. The van der Waals surface area contributed by atoms with Gasteiger partial charge in [0.05, 0.1) is 29.0 Å². The topological polar surface area (TPSA) is 61.2 Å². The number of aromatic nitrogens is 2. The molecule has 0 saturated carbocycles. The normalized spacial score (nSPS) is 10.7. The summed E-state index contributed by atoms with van der Waals surface area (Å²) in [6.07, 6.45) is 0. The standard InChI is InChI=1S/C18H16N2O3S/c1-2-23-16(21)12-24-18-19-15-11-7-6-10-14(15)17(22)20(18)13-8-4-3-5-9-13/h3-11H,2,12H2,1H3. The minimum Gasteiger partial charge on any atom is -0.465 e. The number of benzene rings is 2. The van der Waals surface area contributed by atoms with Crippen LogP contribution in [-0.4, -0.2) is 27.9 Å². The molecule has 1 aromatic heterocycles. The van der Waals surface area contributed by atoms with Crippen LogP contribution in [0.2, 0.25) is 0 Å². The predicted molar refractivity (Wildman–Crippen MR) is 94.7 cm³/mol. The molecule has 2 aromatic carbocycles. The molecule has 0 spiro atoms.